The first-order valence-corrected chi connectivity index (χ1v) is 14.0. The van der Waals surface area contributed by atoms with E-state index in [1.807, 2.05) is 24.3 Å². The molecule has 2 aromatic carbocycles. The van der Waals surface area contributed by atoms with Gasteiger partial charge in [0, 0.05) is 28.7 Å². The highest BCUT2D eigenvalue weighted by Crippen LogP contribution is 2.37. The van der Waals surface area contributed by atoms with Gasteiger partial charge in [0.2, 0.25) is 0 Å². The molecule has 1 saturated carbocycles. The number of rotatable bonds is 15. The van der Waals surface area contributed by atoms with Crippen LogP contribution in [0.4, 0.5) is 0 Å². The monoisotopic (exact) mass is 476 g/mol. The SMILES string of the molecule is CCCCCCCCCC(Cc1c(-c2ccc(O)cc2)[nH]c2ccc(O)cc12)N(CCC)C1CC1. The van der Waals surface area contributed by atoms with Crippen LogP contribution >= 0.6 is 0 Å². The van der Waals surface area contributed by atoms with E-state index < -0.39 is 0 Å². The number of hydrogen-bond acceptors (Lipinski definition) is 3. The third-order valence-electron chi connectivity index (χ3n) is 7.59. The van der Waals surface area contributed by atoms with Crippen LogP contribution in [0.3, 0.4) is 0 Å². The van der Waals surface area contributed by atoms with E-state index in [-0.39, 0.29) is 5.75 Å². The second-order valence-electron chi connectivity index (χ2n) is 10.5. The summed E-state index contributed by atoms with van der Waals surface area (Å²) in [6.45, 7) is 5.74. The van der Waals surface area contributed by atoms with Gasteiger partial charge in [-0.3, -0.25) is 4.90 Å². The number of H-pyrrole nitrogens is 1. The number of benzene rings is 2. The zero-order valence-corrected chi connectivity index (χ0v) is 21.7. The number of nitrogens with one attached hydrogen (secondary N) is 1. The quantitative estimate of drug-likeness (QED) is 0.194. The standard InChI is InChI=1S/C31H44N2O2/c1-3-5-6-7-8-9-10-11-25(33(20-4-2)24-14-15-24)21-29-28-22-27(35)18-19-30(28)32-31(29)23-12-16-26(34)17-13-23/h12-13,16-19,22,24-25,32,34-35H,3-11,14-15,20-21H2,1-2H3. The molecule has 0 radical (unpaired) electrons. The number of aromatic nitrogens is 1. The highest BCUT2D eigenvalue weighted by atomic mass is 16.3. The first kappa shape index (κ1) is 25.6. The van der Waals surface area contributed by atoms with E-state index in [9.17, 15) is 10.2 Å². The van der Waals surface area contributed by atoms with Crippen molar-refractivity contribution in [3.05, 3.63) is 48.0 Å². The van der Waals surface area contributed by atoms with Gasteiger partial charge in [-0.15, -0.1) is 0 Å². The first-order chi connectivity index (χ1) is 17.1. The lowest BCUT2D eigenvalue weighted by Gasteiger charge is -2.32. The van der Waals surface area contributed by atoms with E-state index in [2.05, 4.69) is 23.7 Å². The van der Waals surface area contributed by atoms with Crippen molar-refractivity contribution in [3.63, 3.8) is 0 Å². The van der Waals surface area contributed by atoms with E-state index in [1.54, 1.807) is 18.2 Å². The average Bonchev–Trinajstić information content (AvgIpc) is 3.64. The van der Waals surface area contributed by atoms with Gasteiger partial charge in [0.25, 0.3) is 0 Å². The summed E-state index contributed by atoms with van der Waals surface area (Å²) in [5, 5.41) is 21.2. The second kappa shape index (κ2) is 12.5. The molecule has 3 aromatic rings. The Balaban J connectivity index is 1.60. The Bertz CT molecular complexity index is 1050. The lowest BCUT2D eigenvalue weighted by molar-refractivity contribution is 0.172. The molecule has 0 amide bonds. The Morgan fingerprint density at radius 2 is 1.54 bits per heavy atom. The minimum Gasteiger partial charge on any atom is -0.508 e. The fourth-order valence-corrected chi connectivity index (χ4v) is 5.61. The van der Waals surface area contributed by atoms with Crippen LogP contribution < -0.4 is 0 Å². The topological polar surface area (TPSA) is 59.5 Å². The molecule has 1 aromatic heterocycles. The number of fused-ring (bicyclic) bond motifs is 1. The zero-order valence-electron chi connectivity index (χ0n) is 21.7. The van der Waals surface area contributed by atoms with Crippen LogP contribution in [-0.2, 0) is 6.42 Å². The molecule has 4 nitrogen and oxygen atoms in total. The van der Waals surface area contributed by atoms with Crippen LogP contribution in [0.5, 0.6) is 11.5 Å². The van der Waals surface area contributed by atoms with Gasteiger partial charge in [0.1, 0.15) is 11.5 Å². The average molecular weight is 477 g/mol. The van der Waals surface area contributed by atoms with E-state index in [4.69, 9.17) is 0 Å². The van der Waals surface area contributed by atoms with Crippen LogP contribution in [0.2, 0.25) is 0 Å². The van der Waals surface area contributed by atoms with Crippen LogP contribution in [0.1, 0.15) is 90.0 Å². The highest BCUT2D eigenvalue weighted by Gasteiger charge is 2.34. The van der Waals surface area contributed by atoms with Crippen molar-refractivity contribution in [2.45, 2.75) is 103 Å². The van der Waals surface area contributed by atoms with E-state index >= 15 is 0 Å². The third kappa shape index (κ3) is 6.82. The summed E-state index contributed by atoms with van der Waals surface area (Å²) >= 11 is 0. The van der Waals surface area contributed by atoms with Crippen molar-refractivity contribution in [1.82, 2.24) is 9.88 Å². The van der Waals surface area contributed by atoms with Gasteiger partial charge in [-0.2, -0.15) is 0 Å². The smallest absolute Gasteiger partial charge is 0.116 e. The lowest BCUT2D eigenvalue weighted by Crippen LogP contribution is -2.39. The van der Waals surface area contributed by atoms with E-state index in [1.165, 1.54) is 76.2 Å². The van der Waals surface area contributed by atoms with Gasteiger partial charge in [-0.05, 0) is 92.2 Å². The van der Waals surface area contributed by atoms with Crippen LogP contribution in [0, 0.1) is 0 Å². The maximum atomic E-state index is 10.3. The molecule has 0 spiro atoms. The molecule has 0 aliphatic heterocycles. The van der Waals surface area contributed by atoms with Crippen molar-refractivity contribution in [2.24, 2.45) is 0 Å². The number of aromatic hydroxyl groups is 2. The van der Waals surface area contributed by atoms with Gasteiger partial charge in [-0.25, -0.2) is 0 Å². The molecular weight excluding hydrogens is 432 g/mol. The normalized spacial score (nSPS) is 14.7. The van der Waals surface area contributed by atoms with Gasteiger partial charge < -0.3 is 15.2 Å². The Kier molecular flexibility index (Phi) is 9.14. The summed E-state index contributed by atoms with van der Waals surface area (Å²) in [6, 6.07) is 14.4. The second-order valence-corrected chi connectivity index (χ2v) is 10.5. The minimum atomic E-state index is 0.281. The lowest BCUT2D eigenvalue weighted by atomic mass is 9.94. The van der Waals surface area contributed by atoms with E-state index in [0.717, 1.165) is 41.2 Å². The number of unbranched alkanes of at least 4 members (excludes halogenated alkanes) is 6. The summed E-state index contributed by atoms with van der Waals surface area (Å²) in [7, 11) is 0. The summed E-state index contributed by atoms with van der Waals surface area (Å²) in [5.74, 6) is 0.593. The van der Waals surface area contributed by atoms with Gasteiger partial charge in [0.15, 0.2) is 0 Å². The number of phenols is 2. The molecule has 0 saturated heterocycles. The molecule has 1 aliphatic rings. The van der Waals surface area contributed by atoms with Crippen molar-refractivity contribution in [1.29, 1.82) is 0 Å². The molecule has 1 heterocycles. The predicted octanol–water partition coefficient (Wildman–Crippen LogP) is 8.17. The molecule has 1 aliphatic carbocycles. The fraction of sp³-hybridized carbons (Fsp3) is 0.548. The van der Waals surface area contributed by atoms with Gasteiger partial charge >= 0.3 is 0 Å². The summed E-state index contributed by atoms with van der Waals surface area (Å²) in [5.41, 5.74) is 4.54. The van der Waals surface area contributed by atoms with Gasteiger partial charge in [-0.1, -0.05) is 58.8 Å². The number of hydrogen-bond donors (Lipinski definition) is 3. The molecule has 190 valence electrons. The zero-order chi connectivity index (χ0) is 24.6. The first-order valence-electron chi connectivity index (χ1n) is 14.0. The number of nitrogens with zero attached hydrogens (tertiary/aromatic N) is 1. The van der Waals surface area contributed by atoms with Crippen LogP contribution in [-0.4, -0.2) is 38.7 Å². The van der Waals surface area contributed by atoms with Crippen molar-refractivity contribution < 1.29 is 10.2 Å². The molecule has 1 unspecified atom stereocenters. The molecule has 35 heavy (non-hydrogen) atoms. The predicted molar refractivity (Wildman–Crippen MR) is 147 cm³/mol. The fourth-order valence-electron chi connectivity index (χ4n) is 5.61. The Morgan fingerprint density at radius 1 is 0.857 bits per heavy atom. The molecule has 1 atom stereocenters. The Labute approximate surface area is 211 Å². The van der Waals surface area contributed by atoms with Crippen molar-refractivity contribution in [2.75, 3.05) is 6.54 Å². The minimum absolute atomic E-state index is 0.281. The molecule has 0 bridgehead atoms. The molecule has 4 heteroatoms. The van der Waals surface area contributed by atoms with Gasteiger partial charge in [0.05, 0.1) is 0 Å². The maximum absolute atomic E-state index is 10.3. The Morgan fingerprint density at radius 3 is 2.23 bits per heavy atom. The number of aromatic amines is 1. The largest absolute Gasteiger partial charge is 0.508 e. The highest BCUT2D eigenvalue weighted by molar-refractivity contribution is 5.91. The van der Waals surface area contributed by atoms with Crippen molar-refractivity contribution >= 4 is 10.9 Å². The molecule has 3 N–H and O–H groups in total. The van der Waals surface area contributed by atoms with Crippen molar-refractivity contribution in [3.8, 4) is 22.8 Å². The van der Waals surface area contributed by atoms with Crippen LogP contribution in [0.15, 0.2) is 42.5 Å². The maximum Gasteiger partial charge on any atom is 0.116 e. The summed E-state index contributed by atoms with van der Waals surface area (Å²) < 4.78 is 0. The number of phenolic OH excluding ortho intramolecular Hbond substituents is 2. The molecule has 4 rings (SSSR count). The molecule has 1 fully saturated rings. The summed E-state index contributed by atoms with van der Waals surface area (Å²) in [4.78, 5) is 6.42. The van der Waals surface area contributed by atoms with E-state index in [0.29, 0.717) is 11.8 Å². The molecular formula is C31H44N2O2. The van der Waals surface area contributed by atoms with Crippen LogP contribution in [0.25, 0.3) is 22.2 Å². The third-order valence-corrected chi connectivity index (χ3v) is 7.59. The Hall–Kier alpha value is -2.46. The summed E-state index contributed by atoms with van der Waals surface area (Å²) in [6.07, 6.45) is 15.4.